The van der Waals surface area contributed by atoms with Crippen molar-refractivity contribution in [2.45, 2.75) is 13.5 Å². The summed E-state index contributed by atoms with van der Waals surface area (Å²) in [6.07, 6.45) is 0. The number of nitrogens with one attached hydrogen (secondary N) is 1. The highest BCUT2D eigenvalue weighted by atomic mass is 79.9. The van der Waals surface area contributed by atoms with E-state index in [1.54, 1.807) is 0 Å². The summed E-state index contributed by atoms with van der Waals surface area (Å²) in [7, 11) is 0. The van der Waals surface area contributed by atoms with Crippen molar-refractivity contribution in [3.63, 3.8) is 0 Å². The number of halogens is 1. The molecule has 0 saturated heterocycles. The Bertz CT molecular complexity index is 558. The second-order valence-corrected chi connectivity index (χ2v) is 5.02. The van der Waals surface area contributed by atoms with E-state index in [0.29, 0.717) is 12.3 Å². The van der Waals surface area contributed by atoms with E-state index >= 15 is 0 Å². The van der Waals surface area contributed by atoms with Gasteiger partial charge in [0.2, 0.25) is 0 Å². The van der Waals surface area contributed by atoms with Crippen LogP contribution in [0.2, 0.25) is 0 Å². The first-order chi connectivity index (χ1) is 9.19. The van der Waals surface area contributed by atoms with Crippen LogP contribution in [0.5, 0.6) is 5.75 Å². The molecule has 0 atom stereocenters. The zero-order valence-electron chi connectivity index (χ0n) is 10.8. The van der Waals surface area contributed by atoms with Crippen molar-refractivity contribution in [3.05, 3.63) is 52.5 Å². The van der Waals surface area contributed by atoms with Crippen LogP contribution in [0.4, 0.5) is 11.4 Å². The third kappa shape index (κ3) is 3.89. The van der Waals surface area contributed by atoms with E-state index in [2.05, 4.69) is 27.3 Å². The maximum atomic E-state index is 5.86. The molecule has 19 heavy (non-hydrogen) atoms. The molecule has 0 fully saturated rings. The van der Waals surface area contributed by atoms with E-state index in [9.17, 15) is 0 Å². The fraction of sp³-hybridized carbons (Fsp3) is 0.200. The highest BCUT2D eigenvalue weighted by molar-refractivity contribution is 9.10. The average Bonchev–Trinajstić information content (AvgIpc) is 2.37. The molecule has 0 amide bonds. The van der Waals surface area contributed by atoms with E-state index in [1.807, 2.05) is 43.3 Å². The molecule has 2 rings (SSSR count). The highest BCUT2D eigenvalue weighted by Crippen LogP contribution is 2.24. The lowest BCUT2D eigenvalue weighted by Crippen LogP contribution is -2.02. The lowest BCUT2D eigenvalue weighted by molar-refractivity contribution is 0.340. The Morgan fingerprint density at radius 3 is 2.74 bits per heavy atom. The topological polar surface area (TPSA) is 47.3 Å². The van der Waals surface area contributed by atoms with E-state index in [1.165, 1.54) is 5.56 Å². The van der Waals surface area contributed by atoms with Gasteiger partial charge in [0.15, 0.2) is 0 Å². The monoisotopic (exact) mass is 320 g/mol. The van der Waals surface area contributed by atoms with Gasteiger partial charge >= 0.3 is 0 Å². The zero-order chi connectivity index (χ0) is 13.7. The largest absolute Gasteiger partial charge is 0.494 e. The van der Waals surface area contributed by atoms with Gasteiger partial charge < -0.3 is 15.8 Å². The highest BCUT2D eigenvalue weighted by Gasteiger charge is 2.02. The number of anilines is 2. The summed E-state index contributed by atoms with van der Waals surface area (Å²) in [5, 5.41) is 3.35. The Morgan fingerprint density at radius 2 is 2.00 bits per heavy atom. The van der Waals surface area contributed by atoms with Crippen molar-refractivity contribution >= 4 is 27.3 Å². The minimum atomic E-state index is 0.632. The lowest BCUT2D eigenvalue weighted by atomic mass is 10.2. The molecular formula is C15H17BrN2O. The minimum absolute atomic E-state index is 0.632. The van der Waals surface area contributed by atoms with Crippen LogP contribution >= 0.6 is 15.9 Å². The second-order valence-electron chi connectivity index (χ2n) is 4.17. The molecule has 0 unspecified atom stereocenters. The van der Waals surface area contributed by atoms with Crippen LogP contribution in [0.15, 0.2) is 46.9 Å². The number of nitrogens with two attached hydrogens (primary N) is 1. The molecule has 0 radical (unpaired) electrons. The van der Waals surface area contributed by atoms with Crippen LogP contribution in [0.1, 0.15) is 12.5 Å². The Kier molecular flexibility index (Phi) is 4.68. The van der Waals surface area contributed by atoms with Gasteiger partial charge in [-0.3, -0.25) is 0 Å². The van der Waals surface area contributed by atoms with Gasteiger partial charge in [0.1, 0.15) is 5.75 Å². The van der Waals surface area contributed by atoms with E-state index in [4.69, 9.17) is 10.5 Å². The van der Waals surface area contributed by atoms with Crippen molar-refractivity contribution < 1.29 is 4.74 Å². The van der Waals surface area contributed by atoms with E-state index < -0.39 is 0 Å². The Morgan fingerprint density at radius 1 is 1.21 bits per heavy atom. The maximum Gasteiger partial charge on any atom is 0.123 e. The number of benzene rings is 2. The fourth-order valence-electron chi connectivity index (χ4n) is 1.81. The molecule has 0 saturated carbocycles. The number of rotatable bonds is 5. The third-order valence-corrected chi connectivity index (χ3v) is 3.45. The van der Waals surface area contributed by atoms with Gasteiger partial charge in [-0.25, -0.2) is 0 Å². The molecule has 0 aromatic heterocycles. The molecule has 0 bridgehead atoms. The first-order valence-electron chi connectivity index (χ1n) is 6.19. The van der Waals surface area contributed by atoms with Crippen molar-refractivity contribution in [3.8, 4) is 5.75 Å². The molecule has 2 aromatic carbocycles. The van der Waals surface area contributed by atoms with Gasteiger partial charge in [-0.1, -0.05) is 34.1 Å². The molecule has 3 nitrogen and oxygen atoms in total. The van der Waals surface area contributed by atoms with Crippen LogP contribution in [-0.4, -0.2) is 6.61 Å². The van der Waals surface area contributed by atoms with Crippen LogP contribution in [0.25, 0.3) is 0 Å². The van der Waals surface area contributed by atoms with Gasteiger partial charge in [0.05, 0.1) is 6.61 Å². The molecule has 100 valence electrons. The first kappa shape index (κ1) is 13.7. The van der Waals surface area contributed by atoms with Crippen LogP contribution < -0.4 is 15.8 Å². The Balaban J connectivity index is 2.09. The molecule has 0 spiro atoms. The Hall–Kier alpha value is -1.68. The molecular weight excluding hydrogens is 304 g/mol. The third-order valence-electron chi connectivity index (χ3n) is 2.68. The van der Waals surface area contributed by atoms with Gasteiger partial charge in [-0.15, -0.1) is 0 Å². The van der Waals surface area contributed by atoms with Gasteiger partial charge in [-0.05, 0) is 24.6 Å². The van der Waals surface area contributed by atoms with Crippen LogP contribution in [0.3, 0.4) is 0 Å². The first-order valence-corrected chi connectivity index (χ1v) is 6.99. The van der Waals surface area contributed by atoms with Gasteiger partial charge in [0, 0.05) is 34.5 Å². The predicted molar refractivity (Wildman–Crippen MR) is 83.5 cm³/mol. The summed E-state index contributed by atoms with van der Waals surface area (Å²) in [5.41, 5.74) is 8.71. The lowest BCUT2D eigenvalue weighted by Gasteiger charge is -2.11. The second kappa shape index (κ2) is 6.48. The molecule has 2 aromatic rings. The molecule has 4 heteroatoms. The van der Waals surface area contributed by atoms with Crippen molar-refractivity contribution in [2.75, 3.05) is 17.7 Å². The number of nitrogen functional groups attached to an aromatic ring is 1. The summed E-state index contributed by atoms with van der Waals surface area (Å²) >= 11 is 3.53. The summed E-state index contributed by atoms with van der Waals surface area (Å²) in [6, 6.07) is 13.8. The maximum absolute atomic E-state index is 5.86. The normalized spacial score (nSPS) is 10.2. The van der Waals surface area contributed by atoms with Gasteiger partial charge in [0.25, 0.3) is 0 Å². The predicted octanol–water partition coefficient (Wildman–Crippen LogP) is 4.04. The molecule has 0 aliphatic rings. The summed E-state index contributed by atoms with van der Waals surface area (Å²) in [5.74, 6) is 0.789. The van der Waals surface area contributed by atoms with Crippen LogP contribution in [-0.2, 0) is 6.54 Å². The SMILES string of the molecule is CCOc1cc(N)cc(NCc2ccccc2Br)c1. The number of hydrogen-bond donors (Lipinski definition) is 2. The Labute approximate surface area is 121 Å². The molecule has 0 heterocycles. The summed E-state index contributed by atoms with van der Waals surface area (Å²) in [4.78, 5) is 0. The van der Waals surface area contributed by atoms with E-state index in [0.717, 1.165) is 22.5 Å². The molecule has 3 N–H and O–H groups in total. The number of ether oxygens (including phenoxy) is 1. The smallest absolute Gasteiger partial charge is 0.123 e. The fourth-order valence-corrected chi connectivity index (χ4v) is 2.24. The van der Waals surface area contributed by atoms with Gasteiger partial charge in [-0.2, -0.15) is 0 Å². The number of hydrogen-bond acceptors (Lipinski definition) is 3. The zero-order valence-corrected chi connectivity index (χ0v) is 12.4. The standard InChI is InChI=1S/C15H17BrN2O/c1-2-19-14-8-12(17)7-13(9-14)18-10-11-5-3-4-6-15(11)16/h3-9,18H,2,10,17H2,1H3. The van der Waals surface area contributed by atoms with E-state index in [-0.39, 0.29) is 0 Å². The van der Waals surface area contributed by atoms with Crippen molar-refractivity contribution in [2.24, 2.45) is 0 Å². The summed E-state index contributed by atoms with van der Waals surface area (Å²) in [6.45, 7) is 3.32. The van der Waals surface area contributed by atoms with Crippen LogP contribution in [0, 0.1) is 0 Å². The van der Waals surface area contributed by atoms with Crippen molar-refractivity contribution in [1.82, 2.24) is 0 Å². The quantitative estimate of drug-likeness (QED) is 0.817. The van der Waals surface area contributed by atoms with Crippen molar-refractivity contribution in [1.29, 1.82) is 0 Å². The molecule has 0 aliphatic heterocycles. The minimum Gasteiger partial charge on any atom is -0.494 e. The average molecular weight is 321 g/mol. The molecule has 0 aliphatic carbocycles. The summed E-state index contributed by atoms with van der Waals surface area (Å²) < 4.78 is 6.57.